The van der Waals surface area contributed by atoms with Crippen LogP contribution < -0.4 is 5.73 Å². The molecule has 0 amide bonds. The van der Waals surface area contributed by atoms with Gasteiger partial charge >= 0.3 is 0 Å². The van der Waals surface area contributed by atoms with Gasteiger partial charge in [0.15, 0.2) is 0 Å². The van der Waals surface area contributed by atoms with Gasteiger partial charge in [-0.1, -0.05) is 11.6 Å². The van der Waals surface area contributed by atoms with E-state index in [2.05, 4.69) is 4.98 Å². The van der Waals surface area contributed by atoms with Gasteiger partial charge in [0.1, 0.15) is 5.82 Å². The molecule has 72 valence electrons. The van der Waals surface area contributed by atoms with E-state index in [4.69, 9.17) is 22.1 Å². The van der Waals surface area contributed by atoms with Crippen molar-refractivity contribution in [1.29, 1.82) is 0 Å². The van der Waals surface area contributed by atoms with E-state index in [1.807, 2.05) is 13.0 Å². The zero-order valence-corrected chi connectivity index (χ0v) is 8.51. The topological polar surface area (TPSA) is 48.1 Å². The number of hydrogen-bond donors (Lipinski definition) is 1. The monoisotopic (exact) mass is 200 g/mol. The van der Waals surface area contributed by atoms with Crippen molar-refractivity contribution in [3.63, 3.8) is 0 Å². The Morgan fingerprint density at radius 3 is 3.00 bits per heavy atom. The summed E-state index contributed by atoms with van der Waals surface area (Å²) in [6.07, 6.45) is 2.40. The third kappa shape index (κ3) is 2.86. The van der Waals surface area contributed by atoms with Gasteiger partial charge in [-0.2, -0.15) is 0 Å². The van der Waals surface area contributed by atoms with Crippen LogP contribution in [0.15, 0.2) is 12.3 Å². The lowest BCUT2D eigenvalue weighted by molar-refractivity contribution is 0.119. The molecule has 0 aliphatic carbocycles. The first-order valence-electron chi connectivity index (χ1n) is 4.06. The first-order valence-corrected chi connectivity index (χ1v) is 4.44. The third-order valence-corrected chi connectivity index (χ3v) is 2.08. The summed E-state index contributed by atoms with van der Waals surface area (Å²) in [4.78, 5) is 3.96. The third-order valence-electron chi connectivity index (χ3n) is 1.88. The first-order chi connectivity index (χ1) is 6.13. The smallest absolute Gasteiger partial charge is 0.126 e. The molecule has 0 aliphatic heterocycles. The molecule has 0 aliphatic rings. The predicted octanol–water partition coefficient (Wildman–Crippen LogP) is 1.89. The highest BCUT2D eigenvalue weighted by Gasteiger charge is 2.06. The minimum absolute atomic E-state index is 0.127. The van der Waals surface area contributed by atoms with Gasteiger partial charge in [-0.3, -0.25) is 0 Å². The molecule has 1 aromatic heterocycles. The van der Waals surface area contributed by atoms with Gasteiger partial charge in [0.2, 0.25) is 0 Å². The van der Waals surface area contributed by atoms with Crippen LogP contribution in [-0.2, 0) is 11.2 Å². The molecule has 3 nitrogen and oxygen atoms in total. The van der Waals surface area contributed by atoms with Crippen molar-refractivity contribution in [2.45, 2.75) is 19.4 Å². The standard InChI is InChI=1S/C9H13ClN2O/c1-6(13-2)3-7-4-8(10)5-12-9(7)11/h4-6H,3H2,1-2H3,(H2,11,12). The molecule has 0 saturated carbocycles. The average molecular weight is 201 g/mol. The molecule has 1 atom stereocenters. The van der Waals surface area contributed by atoms with E-state index in [1.165, 1.54) is 6.20 Å². The maximum absolute atomic E-state index is 5.78. The highest BCUT2D eigenvalue weighted by molar-refractivity contribution is 6.30. The van der Waals surface area contributed by atoms with Crippen LogP contribution in [0.25, 0.3) is 0 Å². The van der Waals surface area contributed by atoms with E-state index >= 15 is 0 Å². The van der Waals surface area contributed by atoms with Crippen molar-refractivity contribution < 1.29 is 4.74 Å². The molecule has 0 radical (unpaired) electrons. The van der Waals surface area contributed by atoms with E-state index in [-0.39, 0.29) is 6.10 Å². The molecule has 1 heterocycles. The molecule has 0 fully saturated rings. The van der Waals surface area contributed by atoms with E-state index < -0.39 is 0 Å². The maximum atomic E-state index is 5.78. The van der Waals surface area contributed by atoms with Crippen molar-refractivity contribution in [2.24, 2.45) is 0 Å². The minimum Gasteiger partial charge on any atom is -0.383 e. The van der Waals surface area contributed by atoms with E-state index in [9.17, 15) is 0 Å². The number of ether oxygens (including phenoxy) is 1. The normalized spacial score (nSPS) is 12.8. The summed E-state index contributed by atoms with van der Waals surface area (Å²) in [5.41, 5.74) is 6.60. The number of rotatable bonds is 3. The molecule has 0 saturated heterocycles. The second kappa shape index (κ2) is 4.44. The Balaban J connectivity index is 2.81. The van der Waals surface area contributed by atoms with Crippen LogP contribution in [0.3, 0.4) is 0 Å². The lowest BCUT2D eigenvalue weighted by Gasteiger charge is -2.10. The molecule has 1 aromatic rings. The van der Waals surface area contributed by atoms with Crippen LogP contribution >= 0.6 is 11.6 Å². The molecule has 13 heavy (non-hydrogen) atoms. The van der Waals surface area contributed by atoms with E-state index in [1.54, 1.807) is 7.11 Å². The maximum Gasteiger partial charge on any atom is 0.126 e. The second-order valence-corrected chi connectivity index (χ2v) is 3.38. The number of methoxy groups -OCH3 is 1. The number of nitrogen functional groups attached to an aromatic ring is 1. The summed E-state index contributed by atoms with van der Waals surface area (Å²) < 4.78 is 5.12. The summed E-state index contributed by atoms with van der Waals surface area (Å²) in [5, 5.41) is 0.604. The number of pyridine rings is 1. The number of aromatic nitrogens is 1. The SMILES string of the molecule is COC(C)Cc1cc(Cl)cnc1N. The van der Waals surface area contributed by atoms with E-state index in [0.29, 0.717) is 10.8 Å². The Kier molecular flexibility index (Phi) is 3.51. The molecule has 0 spiro atoms. The molecule has 0 bridgehead atoms. The molecular weight excluding hydrogens is 188 g/mol. The quantitative estimate of drug-likeness (QED) is 0.811. The summed E-state index contributed by atoms with van der Waals surface area (Å²) in [6, 6.07) is 1.82. The van der Waals surface area contributed by atoms with Crippen LogP contribution in [0, 0.1) is 0 Å². The highest BCUT2D eigenvalue weighted by atomic mass is 35.5. The van der Waals surface area contributed by atoms with Crippen molar-refractivity contribution in [3.05, 3.63) is 22.8 Å². The van der Waals surface area contributed by atoms with Gasteiger partial charge in [-0.25, -0.2) is 4.98 Å². The number of nitrogens with zero attached hydrogens (tertiary/aromatic N) is 1. The van der Waals surface area contributed by atoms with Gasteiger partial charge in [-0.05, 0) is 18.6 Å². The molecule has 4 heteroatoms. The number of hydrogen-bond acceptors (Lipinski definition) is 3. The zero-order chi connectivity index (χ0) is 9.84. The fourth-order valence-corrected chi connectivity index (χ4v) is 1.23. The van der Waals surface area contributed by atoms with Crippen molar-refractivity contribution in [2.75, 3.05) is 12.8 Å². The zero-order valence-electron chi connectivity index (χ0n) is 7.75. The second-order valence-electron chi connectivity index (χ2n) is 2.95. The molecule has 1 unspecified atom stereocenters. The van der Waals surface area contributed by atoms with Crippen molar-refractivity contribution in [1.82, 2.24) is 4.98 Å². The Morgan fingerprint density at radius 2 is 2.38 bits per heavy atom. The van der Waals surface area contributed by atoms with Crippen LogP contribution in [0.2, 0.25) is 5.02 Å². The van der Waals surface area contributed by atoms with Crippen molar-refractivity contribution >= 4 is 17.4 Å². The van der Waals surface area contributed by atoms with Crippen LogP contribution in [0.4, 0.5) is 5.82 Å². The van der Waals surface area contributed by atoms with Gasteiger partial charge in [0.05, 0.1) is 11.1 Å². The Bertz CT molecular complexity index is 291. The Morgan fingerprint density at radius 1 is 1.69 bits per heavy atom. The fourth-order valence-electron chi connectivity index (χ4n) is 1.05. The predicted molar refractivity (Wildman–Crippen MR) is 53.8 cm³/mol. The molecular formula is C9H13ClN2O. The number of nitrogens with two attached hydrogens (primary N) is 1. The lowest BCUT2D eigenvalue weighted by Crippen LogP contribution is -2.10. The van der Waals surface area contributed by atoms with Gasteiger partial charge in [-0.15, -0.1) is 0 Å². The highest BCUT2D eigenvalue weighted by Crippen LogP contribution is 2.16. The van der Waals surface area contributed by atoms with Crippen LogP contribution in [0.5, 0.6) is 0 Å². The summed E-state index contributed by atoms with van der Waals surface area (Å²) in [5.74, 6) is 0.522. The average Bonchev–Trinajstić information content (AvgIpc) is 2.11. The van der Waals surface area contributed by atoms with Crippen LogP contribution in [0.1, 0.15) is 12.5 Å². The first kappa shape index (κ1) is 10.3. The van der Waals surface area contributed by atoms with E-state index in [0.717, 1.165) is 12.0 Å². The Hall–Kier alpha value is -0.800. The molecule has 1 rings (SSSR count). The lowest BCUT2D eigenvalue weighted by atomic mass is 10.1. The largest absolute Gasteiger partial charge is 0.383 e. The number of anilines is 1. The van der Waals surface area contributed by atoms with Crippen LogP contribution in [-0.4, -0.2) is 18.2 Å². The summed E-state index contributed by atoms with van der Waals surface area (Å²) in [6.45, 7) is 1.97. The van der Waals surface area contributed by atoms with Gasteiger partial charge < -0.3 is 10.5 Å². The Labute approximate surface area is 82.9 Å². The summed E-state index contributed by atoms with van der Waals surface area (Å²) in [7, 11) is 1.67. The van der Waals surface area contributed by atoms with Crippen molar-refractivity contribution in [3.8, 4) is 0 Å². The number of halogens is 1. The van der Waals surface area contributed by atoms with Gasteiger partial charge in [0.25, 0.3) is 0 Å². The fraction of sp³-hybridized carbons (Fsp3) is 0.444. The molecule has 0 aromatic carbocycles. The van der Waals surface area contributed by atoms with Gasteiger partial charge in [0, 0.05) is 19.7 Å². The summed E-state index contributed by atoms with van der Waals surface area (Å²) >= 11 is 5.78. The molecule has 2 N–H and O–H groups in total. The minimum atomic E-state index is 0.127.